The van der Waals surface area contributed by atoms with Crippen LogP contribution in [0.1, 0.15) is 46.0 Å². The van der Waals surface area contributed by atoms with Crippen molar-refractivity contribution in [1.29, 1.82) is 0 Å². The molecule has 7 heterocycles. The van der Waals surface area contributed by atoms with Crippen LogP contribution < -0.4 is 17.2 Å². The van der Waals surface area contributed by atoms with Crippen LogP contribution in [0.3, 0.4) is 0 Å². The summed E-state index contributed by atoms with van der Waals surface area (Å²) in [4.78, 5) is 27.9. The van der Waals surface area contributed by atoms with Gasteiger partial charge in [0.05, 0.1) is 31.7 Å². The molecular weight excluding hydrogens is 697 g/mol. The average Bonchev–Trinajstić information content (AvgIpc) is 3.66. The van der Waals surface area contributed by atoms with Crippen LogP contribution in [-0.2, 0) is 45.7 Å². The number of hydrogen-bond donors (Lipinski definition) is 3. The number of phosphoric acid groups is 2. The number of nitrogens with two attached hydrogens (primary N) is 2. The number of alkyl halides is 1. The van der Waals surface area contributed by atoms with E-state index < -0.39 is 76.6 Å². The number of hydrogen-bond acceptors (Lipinski definition) is 18. The Morgan fingerprint density at radius 3 is 2.14 bits per heavy atom. The largest absolute Gasteiger partial charge is 0.475 e. The number of aliphatic hydroxyl groups excluding tert-OH is 1. The number of fused-ring (bicyclic) bond motifs is 3. The van der Waals surface area contributed by atoms with Gasteiger partial charge in [-0.2, -0.15) is 4.98 Å². The molecule has 4 aliphatic heterocycles. The van der Waals surface area contributed by atoms with Gasteiger partial charge in [0, 0.05) is 6.20 Å². The third kappa shape index (κ3) is 7.29. The highest BCUT2D eigenvalue weighted by Crippen LogP contribution is 2.58. The van der Waals surface area contributed by atoms with Crippen molar-refractivity contribution in [3.63, 3.8) is 0 Å². The first kappa shape index (κ1) is 35.9. The molecule has 4 fully saturated rings. The minimum Gasteiger partial charge on any atom is -0.386 e. The van der Waals surface area contributed by atoms with Gasteiger partial charge in [-0.3, -0.25) is 36.3 Å². The van der Waals surface area contributed by atoms with E-state index in [0.717, 1.165) is 4.57 Å². The highest BCUT2D eigenvalue weighted by atomic mass is 31.2. The summed E-state index contributed by atoms with van der Waals surface area (Å²) in [5.41, 5.74) is 11.3. The van der Waals surface area contributed by atoms with Crippen molar-refractivity contribution < 1.29 is 55.2 Å². The summed E-state index contributed by atoms with van der Waals surface area (Å²) in [6.45, 7) is 8.22. The molecule has 4 saturated heterocycles. The van der Waals surface area contributed by atoms with Gasteiger partial charge >= 0.3 is 21.3 Å². The normalized spacial score (nSPS) is 35.7. The van der Waals surface area contributed by atoms with E-state index in [-0.39, 0.29) is 31.0 Å². The van der Waals surface area contributed by atoms with Gasteiger partial charge in [-0.15, -0.1) is 0 Å². The standard InChI is InChI=1S/C14H19FN5O5P.C12H18N3O7P/c1-6(2)24-26(21)22-4-8-11(25-26)9(15)14(23-8)20-5-17-10-12(16)18-7(3)19-13(10)20;1-6(2)21-23(18)19-5-7-10(22-23)9(16)11(20-7)15-4-3-8(13)14-12(15)17/h5-6,8-9,11,14H,4H2,1-3H3,(H2,16,18,19);3-4,6-7,9-11,16H,5H2,1-2H3,(H2,13,14,17)/t8?,9-,11+,14+,26?;7?,9-,10+,11+,23?/m00/s1. The fourth-order valence-corrected chi connectivity index (χ4v) is 8.71. The Morgan fingerprint density at radius 2 is 1.53 bits per heavy atom. The molecule has 3 aromatic heterocycles. The van der Waals surface area contributed by atoms with Crippen molar-refractivity contribution in [2.45, 2.75) is 96.0 Å². The predicted molar refractivity (Wildman–Crippen MR) is 165 cm³/mol. The summed E-state index contributed by atoms with van der Waals surface area (Å²) in [6, 6.07) is 1.41. The molecule has 0 aromatic carbocycles. The number of nitrogen functional groups attached to an aromatic ring is 2. The molecule has 4 aliphatic rings. The zero-order chi connectivity index (χ0) is 35.4. The molecule has 10 atom stereocenters. The van der Waals surface area contributed by atoms with Crippen molar-refractivity contribution in [1.82, 2.24) is 29.1 Å². The van der Waals surface area contributed by atoms with Crippen molar-refractivity contribution in [3.05, 3.63) is 34.9 Å². The van der Waals surface area contributed by atoms with Gasteiger partial charge in [-0.25, -0.2) is 33.3 Å². The van der Waals surface area contributed by atoms with E-state index in [1.165, 1.54) is 23.2 Å². The molecule has 0 radical (unpaired) electrons. The quantitative estimate of drug-likeness (QED) is 0.306. The number of nitrogens with zero attached hydrogens (tertiary/aromatic N) is 6. The summed E-state index contributed by atoms with van der Waals surface area (Å²) in [7, 11) is -7.61. The monoisotopic (exact) mass is 734 g/mol. The number of rotatable bonds is 6. The maximum atomic E-state index is 15.1. The smallest absolute Gasteiger partial charge is 0.386 e. The van der Waals surface area contributed by atoms with Crippen molar-refractivity contribution in [2.75, 3.05) is 24.7 Å². The number of phosphoric ester groups is 2. The molecule has 4 unspecified atom stereocenters. The summed E-state index contributed by atoms with van der Waals surface area (Å²) in [5, 5.41) is 10.4. The number of halogens is 1. The van der Waals surface area contributed by atoms with Crippen LogP contribution in [0.5, 0.6) is 0 Å². The lowest BCUT2D eigenvalue weighted by atomic mass is 10.1. The Hall–Kier alpha value is -2.94. The zero-order valence-corrected chi connectivity index (χ0v) is 28.8. The number of aliphatic hydroxyl groups is 1. The molecule has 0 saturated carbocycles. The summed E-state index contributed by atoms with van der Waals surface area (Å²) < 4.78 is 85.1. The van der Waals surface area contributed by atoms with E-state index in [2.05, 4.69) is 19.9 Å². The van der Waals surface area contributed by atoms with Crippen LogP contribution in [0, 0.1) is 6.92 Å². The van der Waals surface area contributed by atoms with E-state index in [0.29, 0.717) is 17.0 Å². The second-order valence-corrected chi connectivity index (χ2v) is 15.2. The number of aromatic nitrogens is 6. The number of imidazole rings is 1. The Balaban J connectivity index is 0.000000171. The minimum atomic E-state index is -3.83. The van der Waals surface area contributed by atoms with E-state index in [9.17, 15) is 19.0 Å². The maximum Gasteiger partial charge on any atom is 0.475 e. The Kier molecular flexibility index (Phi) is 9.99. The summed E-state index contributed by atoms with van der Waals surface area (Å²) >= 11 is 0. The number of aryl methyl sites for hydroxylation is 1. The maximum absolute atomic E-state index is 15.1. The van der Waals surface area contributed by atoms with Crippen LogP contribution in [0.4, 0.5) is 16.0 Å². The fourth-order valence-electron chi connectivity index (χ4n) is 5.56. The number of ether oxygens (including phenoxy) is 2. The Morgan fingerprint density at radius 1 is 0.939 bits per heavy atom. The average molecular weight is 735 g/mol. The van der Waals surface area contributed by atoms with Gasteiger partial charge in [-0.1, -0.05) is 0 Å². The van der Waals surface area contributed by atoms with Gasteiger partial charge < -0.3 is 26.0 Å². The van der Waals surface area contributed by atoms with Crippen LogP contribution in [0.25, 0.3) is 11.2 Å². The van der Waals surface area contributed by atoms with Gasteiger partial charge in [0.25, 0.3) is 0 Å². The molecular formula is C26H37FN8O12P2. The van der Waals surface area contributed by atoms with Gasteiger partial charge in [0.15, 0.2) is 30.1 Å². The topological polar surface area (TPSA) is 259 Å². The van der Waals surface area contributed by atoms with Crippen molar-refractivity contribution >= 4 is 38.4 Å². The van der Waals surface area contributed by atoms with Crippen LogP contribution in [0.2, 0.25) is 0 Å². The highest BCUT2D eigenvalue weighted by molar-refractivity contribution is 7.48. The van der Waals surface area contributed by atoms with Gasteiger partial charge in [0.1, 0.15) is 47.7 Å². The Bertz CT molecular complexity index is 1850. The van der Waals surface area contributed by atoms with Gasteiger partial charge in [-0.05, 0) is 40.7 Å². The molecule has 0 bridgehead atoms. The summed E-state index contributed by atoms with van der Waals surface area (Å²) in [5.74, 6) is 0.689. The molecule has 270 valence electrons. The third-order valence-electron chi connectivity index (χ3n) is 7.51. The van der Waals surface area contributed by atoms with Crippen LogP contribution in [-0.4, -0.2) is 96.3 Å². The lowest BCUT2D eigenvalue weighted by molar-refractivity contribution is -0.0749. The SMILES string of the molecule is CC(C)OP1(=O)OCC2O[C@@H](n3ccc(N)nc3=O)[C@@H](O)[C@@H]2O1.Cc1nc(N)c2ncn([C@@H]3OC4COP(=O)(OC(C)C)O[C@H]4[C@@H]3F)c2n1. The van der Waals surface area contributed by atoms with E-state index in [4.69, 9.17) is 48.1 Å². The van der Waals surface area contributed by atoms with Crippen molar-refractivity contribution in [2.24, 2.45) is 0 Å². The molecule has 0 spiro atoms. The predicted octanol–water partition coefficient (Wildman–Crippen LogP) is 1.93. The molecule has 20 nitrogen and oxygen atoms in total. The second-order valence-electron chi connectivity index (χ2n) is 12.0. The van der Waals surface area contributed by atoms with Crippen molar-refractivity contribution in [3.8, 4) is 0 Å². The van der Waals surface area contributed by atoms with E-state index in [1.807, 2.05) is 0 Å². The lowest BCUT2D eigenvalue weighted by Crippen LogP contribution is -2.40. The molecule has 5 N–H and O–H groups in total. The summed E-state index contributed by atoms with van der Waals surface area (Å²) in [6.07, 6.45) is -6.45. The van der Waals surface area contributed by atoms with Crippen LogP contribution in [0.15, 0.2) is 23.4 Å². The number of anilines is 2. The Labute approximate surface area is 278 Å². The first-order valence-corrected chi connectivity index (χ1v) is 18.2. The lowest BCUT2D eigenvalue weighted by Gasteiger charge is -2.31. The molecule has 0 amide bonds. The van der Waals surface area contributed by atoms with E-state index >= 15 is 4.39 Å². The first-order valence-electron chi connectivity index (χ1n) is 15.2. The zero-order valence-electron chi connectivity index (χ0n) is 27.0. The molecule has 7 rings (SSSR count). The second kappa shape index (κ2) is 13.6. The molecule has 49 heavy (non-hydrogen) atoms. The highest BCUT2D eigenvalue weighted by Gasteiger charge is 2.55. The van der Waals surface area contributed by atoms with E-state index in [1.54, 1.807) is 34.6 Å². The molecule has 0 aliphatic carbocycles. The molecule has 23 heteroatoms. The van der Waals surface area contributed by atoms with Gasteiger partial charge in [0.2, 0.25) is 0 Å². The third-order valence-corrected chi connectivity index (χ3v) is 10.8. The minimum absolute atomic E-state index is 0.0607. The first-order chi connectivity index (χ1) is 23.1. The molecule has 3 aromatic rings. The fraction of sp³-hybridized carbons (Fsp3) is 0.654. The van der Waals surface area contributed by atoms with Crippen LogP contribution >= 0.6 is 15.6 Å².